The van der Waals surface area contributed by atoms with E-state index in [1.807, 2.05) is 26.8 Å². The fourth-order valence-electron chi connectivity index (χ4n) is 9.74. The number of allylic oxidation sites excluding steroid dienone is 3. The third kappa shape index (κ3) is 13.2. The van der Waals surface area contributed by atoms with Crippen LogP contribution in [0.25, 0.3) is 0 Å². The molecule has 0 aromatic carbocycles. The summed E-state index contributed by atoms with van der Waals surface area (Å²) in [6, 6.07) is -1.11. The molecule has 1 amide bonds. The minimum atomic E-state index is -2.49. The quantitative estimate of drug-likeness (QED) is 0.126. The van der Waals surface area contributed by atoms with Crippen molar-refractivity contribution < 1.29 is 58.5 Å². The van der Waals surface area contributed by atoms with Crippen molar-refractivity contribution in [2.45, 2.75) is 180 Å². The molecule has 3 heterocycles. The number of hydrogen-bond acceptors (Lipinski definition) is 13. The Morgan fingerprint density at radius 3 is 2.16 bits per heavy atom. The molecular weight excluding hydrogens is 785 g/mol. The highest BCUT2D eigenvalue weighted by Crippen LogP contribution is 2.39. The molecule has 5 aliphatic rings. The van der Waals surface area contributed by atoms with Crippen molar-refractivity contribution in [3.8, 4) is 0 Å². The van der Waals surface area contributed by atoms with Crippen LogP contribution in [-0.2, 0) is 38.1 Å². The number of esters is 1. The van der Waals surface area contributed by atoms with E-state index >= 15 is 0 Å². The number of rotatable bonds is 7. The standard InChI is InChI=1S/C43H70N2O11.C4H8O/c1-10-30-18-24(2)17-25(3)19-36(53-8)39-37(54-9)21-27(5)43(51,56-39)40(48)41(49)45-16-12-11-13-32(45)42(50)55-38(28(6)34(47)23-31(30)44)26(4)20-29-14-15-33(46)35(22-29)52-7;5-3-4-1-2-4/h18,20,25,27-30,32-39,44,46-47,51H,10-17,19,21-23H2,1-9H3;4-5H,1-3H2/b24-18+,26-20+,44-31?;/t25-,27+,28+,29-,30+,32-,33+,34-,35+,36-,37-,38+,39+,43+;/m0./s1. The topological polar surface area (TPSA) is 205 Å². The molecule has 14 atom stereocenters. The molecule has 14 nitrogen and oxygen atoms in total. The lowest BCUT2D eigenvalue weighted by Gasteiger charge is -2.47. The van der Waals surface area contributed by atoms with Gasteiger partial charge in [-0.3, -0.25) is 9.59 Å². The van der Waals surface area contributed by atoms with Crippen LogP contribution in [0.1, 0.15) is 125 Å². The minimum absolute atomic E-state index is 0.0256. The van der Waals surface area contributed by atoms with Gasteiger partial charge < -0.3 is 54.4 Å². The minimum Gasteiger partial charge on any atom is -0.456 e. The Morgan fingerprint density at radius 2 is 1.57 bits per heavy atom. The lowest BCUT2D eigenvalue weighted by atomic mass is 9.81. The van der Waals surface area contributed by atoms with E-state index in [2.05, 4.69) is 13.0 Å². The van der Waals surface area contributed by atoms with Gasteiger partial charge in [0.05, 0.1) is 30.5 Å². The van der Waals surface area contributed by atoms with Crippen LogP contribution < -0.4 is 0 Å². The number of nitrogens with zero attached hydrogens (tertiary/aromatic N) is 1. The third-order valence-electron chi connectivity index (χ3n) is 13.9. The van der Waals surface area contributed by atoms with E-state index in [1.165, 1.54) is 17.7 Å². The van der Waals surface area contributed by atoms with Crippen molar-refractivity contribution in [3.05, 3.63) is 23.3 Å². The highest BCUT2D eigenvalue weighted by molar-refractivity contribution is 6.39. The number of Topliss-reactive ketones (excluding diaryl/α,β-unsaturated/α-hetero) is 1. The average molecular weight is 863 g/mol. The van der Waals surface area contributed by atoms with Gasteiger partial charge in [0.2, 0.25) is 5.79 Å². The number of ketones is 1. The number of aliphatic hydroxyl groups is 4. The molecule has 2 saturated heterocycles. The molecule has 2 aliphatic carbocycles. The van der Waals surface area contributed by atoms with Gasteiger partial charge in [0.25, 0.3) is 11.7 Å². The van der Waals surface area contributed by atoms with Crippen molar-refractivity contribution in [1.29, 1.82) is 5.41 Å². The number of piperidine rings is 1. The fraction of sp³-hybridized carbons (Fsp3) is 0.830. The highest BCUT2D eigenvalue weighted by atomic mass is 16.7. The lowest BCUT2D eigenvalue weighted by Crippen LogP contribution is -2.64. The maximum atomic E-state index is 14.3. The molecule has 0 aromatic heterocycles. The van der Waals surface area contributed by atoms with Gasteiger partial charge in [0.15, 0.2) is 0 Å². The summed E-state index contributed by atoms with van der Waals surface area (Å²) in [5, 5.41) is 51.5. The lowest BCUT2D eigenvalue weighted by molar-refractivity contribution is -0.302. The molecule has 5 rings (SSSR count). The molecule has 3 aliphatic heterocycles. The monoisotopic (exact) mass is 863 g/mol. The van der Waals surface area contributed by atoms with Gasteiger partial charge in [0, 0.05) is 64.4 Å². The second-order valence-corrected chi connectivity index (χ2v) is 18.8. The van der Waals surface area contributed by atoms with Gasteiger partial charge in [-0.2, -0.15) is 0 Å². The largest absolute Gasteiger partial charge is 0.456 e. The van der Waals surface area contributed by atoms with Crippen molar-refractivity contribution >= 4 is 23.4 Å². The molecule has 348 valence electrons. The highest BCUT2D eigenvalue weighted by Gasteiger charge is 2.56. The number of methoxy groups -OCH3 is 3. The van der Waals surface area contributed by atoms with Gasteiger partial charge in [-0.1, -0.05) is 45.4 Å². The van der Waals surface area contributed by atoms with Crippen molar-refractivity contribution in [2.24, 2.45) is 35.5 Å². The van der Waals surface area contributed by atoms with Crippen molar-refractivity contribution in [1.82, 2.24) is 4.90 Å². The zero-order valence-electron chi connectivity index (χ0n) is 38.3. The van der Waals surface area contributed by atoms with Gasteiger partial charge in [-0.15, -0.1) is 0 Å². The van der Waals surface area contributed by atoms with Crippen LogP contribution in [0.5, 0.6) is 0 Å². The maximum Gasteiger partial charge on any atom is 0.329 e. The van der Waals surface area contributed by atoms with Gasteiger partial charge in [-0.05, 0) is 114 Å². The zero-order valence-corrected chi connectivity index (χ0v) is 38.3. The first-order valence-electron chi connectivity index (χ1n) is 22.9. The molecule has 5 N–H and O–H groups in total. The smallest absolute Gasteiger partial charge is 0.329 e. The number of hydrogen-bond donors (Lipinski definition) is 5. The summed E-state index contributed by atoms with van der Waals surface area (Å²) in [5.74, 6) is -6.23. The van der Waals surface area contributed by atoms with Gasteiger partial charge >= 0.3 is 5.97 Å². The van der Waals surface area contributed by atoms with Crippen molar-refractivity contribution in [3.63, 3.8) is 0 Å². The molecular formula is C47H78N2O12. The van der Waals surface area contributed by atoms with Crippen LogP contribution in [0.15, 0.2) is 23.3 Å². The van der Waals surface area contributed by atoms with Crippen LogP contribution in [-0.4, -0.2) is 138 Å². The molecule has 0 aromatic rings. The normalized spacial score (nSPS) is 40.1. The number of nitrogens with one attached hydrogen (secondary N) is 1. The first kappa shape index (κ1) is 51.1. The van der Waals surface area contributed by atoms with E-state index in [9.17, 15) is 29.7 Å². The Balaban J connectivity index is 0.00000152. The first-order chi connectivity index (χ1) is 28.9. The number of carbonyl (C=O) groups excluding carboxylic acids is 3. The number of cyclic esters (lactones) is 1. The zero-order chi connectivity index (χ0) is 45.2. The maximum absolute atomic E-state index is 14.3. The van der Waals surface area contributed by atoms with Crippen LogP contribution in [0.4, 0.5) is 0 Å². The summed E-state index contributed by atoms with van der Waals surface area (Å²) in [6.07, 6.45) is 7.22. The summed E-state index contributed by atoms with van der Waals surface area (Å²) in [5.41, 5.74) is 2.16. The molecule has 4 fully saturated rings. The first-order valence-corrected chi connectivity index (χ1v) is 22.9. The average Bonchev–Trinajstić information content (AvgIpc) is 4.09. The number of aliphatic hydroxyl groups excluding tert-OH is 3. The predicted molar refractivity (Wildman–Crippen MR) is 231 cm³/mol. The molecule has 14 heteroatoms. The Bertz CT molecular complexity index is 1530. The van der Waals surface area contributed by atoms with Gasteiger partial charge in [-0.25, -0.2) is 4.79 Å². The van der Waals surface area contributed by atoms with Crippen LogP contribution >= 0.6 is 0 Å². The Morgan fingerprint density at radius 1 is 0.918 bits per heavy atom. The number of carbonyl (C=O) groups is 3. The van der Waals surface area contributed by atoms with Crippen LogP contribution in [0.3, 0.4) is 0 Å². The Kier molecular flexibility index (Phi) is 19.6. The van der Waals surface area contributed by atoms with E-state index in [0.717, 1.165) is 5.57 Å². The summed E-state index contributed by atoms with van der Waals surface area (Å²) < 4.78 is 29.8. The van der Waals surface area contributed by atoms with Crippen LogP contribution in [0.2, 0.25) is 0 Å². The molecule has 2 saturated carbocycles. The number of fused-ring (bicyclic) bond motifs is 3. The Hall–Kier alpha value is -2.56. The van der Waals surface area contributed by atoms with Crippen molar-refractivity contribution in [2.75, 3.05) is 34.5 Å². The number of amides is 1. The van der Waals surface area contributed by atoms with Gasteiger partial charge in [0.1, 0.15) is 18.2 Å². The van der Waals surface area contributed by atoms with E-state index in [1.54, 1.807) is 35.2 Å². The van der Waals surface area contributed by atoms with Crippen LogP contribution in [0, 0.1) is 40.9 Å². The predicted octanol–water partition coefficient (Wildman–Crippen LogP) is 5.31. The number of ether oxygens (including phenoxy) is 5. The fourth-order valence-corrected chi connectivity index (χ4v) is 9.74. The van der Waals surface area contributed by atoms with E-state index in [4.69, 9.17) is 34.2 Å². The molecule has 0 spiro atoms. The molecule has 2 bridgehead atoms. The Labute approximate surface area is 364 Å². The van der Waals surface area contributed by atoms with E-state index < -0.39 is 77.9 Å². The van der Waals surface area contributed by atoms with E-state index in [0.29, 0.717) is 75.2 Å². The second kappa shape index (κ2) is 23.4. The molecule has 61 heavy (non-hydrogen) atoms. The third-order valence-corrected chi connectivity index (χ3v) is 13.9. The molecule has 0 unspecified atom stereocenters. The summed E-state index contributed by atoms with van der Waals surface area (Å²) >= 11 is 0. The molecule has 0 radical (unpaired) electrons. The summed E-state index contributed by atoms with van der Waals surface area (Å²) in [4.78, 5) is 43.9. The summed E-state index contributed by atoms with van der Waals surface area (Å²) in [6.45, 7) is 12.0. The SMILES string of the molecule is CC[C@@H]1/C=C(\C)C[C@H](C)C[C@H](OC)[C@H]2O[C@@](O)(C(=O)C(=O)N3CCCC[C@H]3C(=O)O[C@H](/C(C)=C/[C@@H]3CC[C@@H](O)[C@H](OC)C3)[C@H](C)[C@@H](O)CC1=N)[C@H](C)C[C@@H]2OC.OCC1CC1. The summed E-state index contributed by atoms with van der Waals surface area (Å²) in [7, 11) is 4.67. The van der Waals surface area contributed by atoms with E-state index in [-0.39, 0.29) is 49.7 Å². The second-order valence-electron chi connectivity index (χ2n) is 18.8.